The molecular formula is C30H25LaO6. The van der Waals surface area contributed by atoms with Crippen molar-refractivity contribution in [3.63, 3.8) is 0 Å². The molecule has 0 aliphatic heterocycles. The van der Waals surface area contributed by atoms with Crippen molar-refractivity contribution in [3.8, 4) is 0 Å². The minimum atomic E-state index is -0.264. The number of ketones is 2. The predicted octanol–water partition coefficient (Wildman–Crippen LogP) is 3.54. The molecular weight excluding hydrogens is 595 g/mol. The van der Waals surface area contributed by atoms with Crippen molar-refractivity contribution >= 4 is 23.1 Å². The quantitative estimate of drug-likeness (QED) is 0.184. The van der Waals surface area contributed by atoms with E-state index in [0.29, 0.717) is 22.3 Å². The Balaban J connectivity index is 0.000000648. The Morgan fingerprint density at radius 1 is 0.459 bits per heavy atom. The molecule has 0 atom stereocenters. The van der Waals surface area contributed by atoms with E-state index in [9.17, 15) is 19.8 Å². The van der Waals surface area contributed by atoms with E-state index in [4.69, 9.17) is 0 Å². The molecule has 0 saturated heterocycles. The molecule has 0 saturated carbocycles. The Morgan fingerprint density at radius 2 is 0.676 bits per heavy atom. The van der Waals surface area contributed by atoms with Gasteiger partial charge in [0.1, 0.15) is 0 Å². The van der Waals surface area contributed by atoms with Crippen LogP contribution in [0.5, 0.6) is 0 Å². The second-order valence-corrected chi connectivity index (χ2v) is 7.21. The monoisotopic (exact) mass is 620 g/mol. The van der Waals surface area contributed by atoms with Gasteiger partial charge in [-0.05, 0) is 23.3 Å². The largest absolute Gasteiger partial charge is 3.00 e. The third-order valence-electron chi connectivity index (χ3n) is 4.76. The van der Waals surface area contributed by atoms with Crippen molar-refractivity contribution in [1.29, 1.82) is 0 Å². The van der Waals surface area contributed by atoms with Crippen LogP contribution in [0.1, 0.15) is 31.8 Å². The van der Waals surface area contributed by atoms with Crippen molar-refractivity contribution in [1.82, 2.24) is 0 Å². The van der Waals surface area contributed by atoms with Gasteiger partial charge in [-0.15, -0.1) is 0 Å². The first-order chi connectivity index (χ1) is 16.5. The number of hydrogen-bond acceptors (Lipinski definition) is 5. The van der Waals surface area contributed by atoms with Crippen LogP contribution in [0.15, 0.2) is 133 Å². The van der Waals surface area contributed by atoms with E-state index in [1.165, 1.54) is 0 Å². The smallest absolute Gasteiger partial charge is 0.872 e. The Bertz CT molecular complexity index is 1170. The van der Waals surface area contributed by atoms with Crippen molar-refractivity contribution in [3.05, 3.63) is 156 Å². The van der Waals surface area contributed by atoms with Gasteiger partial charge in [0.05, 0.1) is 0 Å². The third-order valence-corrected chi connectivity index (χ3v) is 4.76. The zero-order valence-corrected chi connectivity index (χ0v) is 23.5. The maximum atomic E-state index is 11.8. The van der Waals surface area contributed by atoms with Crippen LogP contribution in [-0.4, -0.2) is 22.5 Å². The summed E-state index contributed by atoms with van der Waals surface area (Å²) in [7, 11) is 0. The van der Waals surface area contributed by atoms with Gasteiger partial charge in [0.2, 0.25) is 0 Å². The van der Waals surface area contributed by atoms with Crippen molar-refractivity contribution in [2.75, 3.05) is 0 Å². The van der Waals surface area contributed by atoms with Crippen molar-refractivity contribution in [2.24, 2.45) is 0 Å². The maximum absolute atomic E-state index is 11.8. The fraction of sp³-hybridized carbons (Fsp3) is 0. The Hall–Kier alpha value is -3.59. The summed E-state index contributed by atoms with van der Waals surface area (Å²) in [5.74, 6) is -1.06. The fourth-order valence-corrected chi connectivity index (χ4v) is 2.98. The van der Waals surface area contributed by atoms with Gasteiger partial charge >= 0.3 is 35.6 Å². The summed E-state index contributed by atoms with van der Waals surface area (Å²) in [6.07, 6.45) is 2.26. The van der Waals surface area contributed by atoms with E-state index >= 15 is 0 Å². The van der Waals surface area contributed by atoms with Gasteiger partial charge in [0.25, 0.3) is 0 Å². The molecule has 0 spiro atoms. The number of carbonyl (C=O) groups excluding carboxylic acids is 2. The summed E-state index contributed by atoms with van der Waals surface area (Å²) >= 11 is 0. The second-order valence-electron chi connectivity index (χ2n) is 7.21. The van der Waals surface area contributed by atoms with E-state index < -0.39 is 0 Å². The number of allylic oxidation sites excluding steroid dienone is 2. The summed E-state index contributed by atoms with van der Waals surface area (Å²) in [5, 5.41) is 23.5. The van der Waals surface area contributed by atoms with Crippen LogP contribution >= 0.6 is 0 Å². The summed E-state index contributed by atoms with van der Waals surface area (Å²) in [4.78, 5) is 23.5. The SMILES string of the molecule is O.O=C(/C=C(\[O-])c1ccccc1)c1ccccc1.O=C(/C=C(\[O-])c1ccccc1)c1ccccc1.[La+3].[OH-]. The molecule has 3 N–H and O–H groups in total. The third kappa shape index (κ3) is 10.9. The average molecular weight is 620 g/mol. The van der Waals surface area contributed by atoms with E-state index in [1.807, 2.05) is 24.3 Å². The van der Waals surface area contributed by atoms with Crippen LogP contribution in [0.4, 0.5) is 0 Å². The molecule has 0 aromatic heterocycles. The van der Waals surface area contributed by atoms with Crippen LogP contribution in [0.25, 0.3) is 11.5 Å². The minimum absolute atomic E-state index is 0. The first-order valence-electron chi connectivity index (χ1n) is 10.6. The van der Waals surface area contributed by atoms with Crippen LogP contribution in [0.3, 0.4) is 0 Å². The van der Waals surface area contributed by atoms with Gasteiger partial charge in [0, 0.05) is 11.1 Å². The van der Waals surface area contributed by atoms with E-state index in [-0.39, 0.29) is 69.6 Å². The normalized spacial score (nSPS) is 10.3. The first kappa shape index (κ1) is 33.4. The van der Waals surface area contributed by atoms with Gasteiger partial charge in [-0.1, -0.05) is 133 Å². The minimum Gasteiger partial charge on any atom is -0.872 e. The molecule has 0 radical (unpaired) electrons. The van der Waals surface area contributed by atoms with E-state index in [1.54, 1.807) is 97.1 Å². The molecule has 0 aliphatic rings. The van der Waals surface area contributed by atoms with E-state index in [0.717, 1.165) is 12.2 Å². The maximum Gasteiger partial charge on any atom is 3.00 e. The van der Waals surface area contributed by atoms with Crippen LogP contribution in [0, 0.1) is 35.6 Å². The molecule has 4 aromatic carbocycles. The molecule has 0 unspecified atom stereocenters. The molecule has 0 heterocycles. The van der Waals surface area contributed by atoms with Gasteiger partial charge in [-0.25, -0.2) is 0 Å². The molecule has 0 aliphatic carbocycles. The van der Waals surface area contributed by atoms with Crippen molar-refractivity contribution in [2.45, 2.75) is 0 Å². The van der Waals surface area contributed by atoms with Gasteiger partial charge in [0.15, 0.2) is 11.6 Å². The standard InChI is InChI=1S/2C15H12O2.La.2H2O/c2*16-14(12-7-3-1-4-8-12)11-15(17)13-9-5-2-6-10-13;;;/h2*1-11,16H;;2*1H2/q;;+3;;/p-3/b2*14-11-;;;. The fourth-order valence-electron chi connectivity index (χ4n) is 2.98. The van der Waals surface area contributed by atoms with Gasteiger partial charge < -0.3 is 21.2 Å². The van der Waals surface area contributed by atoms with Crippen LogP contribution in [0.2, 0.25) is 0 Å². The summed E-state index contributed by atoms with van der Waals surface area (Å²) in [6, 6.07) is 35.0. The predicted molar refractivity (Wildman–Crippen MR) is 136 cm³/mol. The molecule has 0 bridgehead atoms. The van der Waals surface area contributed by atoms with Gasteiger partial charge in [-0.2, -0.15) is 0 Å². The Morgan fingerprint density at radius 3 is 0.919 bits per heavy atom. The van der Waals surface area contributed by atoms with Crippen molar-refractivity contribution < 1.29 is 66.4 Å². The topological polar surface area (TPSA) is 142 Å². The number of hydrogen-bond donors (Lipinski definition) is 0. The molecule has 7 heteroatoms. The molecule has 6 nitrogen and oxygen atoms in total. The number of benzene rings is 4. The number of rotatable bonds is 6. The average Bonchev–Trinajstić information content (AvgIpc) is 2.91. The molecule has 184 valence electrons. The summed E-state index contributed by atoms with van der Waals surface area (Å²) in [6.45, 7) is 0. The van der Waals surface area contributed by atoms with Gasteiger partial charge in [-0.3, -0.25) is 9.59 Å². The summed E-state index contributed by atoms with van der Waals surface area (Å²) in [5.41, 5.74) is 2.10. The number of carbonyl (C=O) groups is 2. The second kappa shape index (κ2) is 17.8. The molecule has 4 aromatic rings. The zero-order valence-electron chi connectivity index (χ0n) is 19.9. The van der Waals surface area contributed by atoms with E-state index in [2.05, 4.69) is 0 Å². The van der Waals surface area contributed by atoms with Crippen LogP contribution < -0.4 is 10.2 Å². The van der Waals surface area contributed by atoms with Crippen LogP contribution in [-0.2, 0) is 0 Å². The zero-order chi connectivity index (χ0) is 24.2. The Labute approximate surface area is 243 Å². The Kier molecular flexibility index (Phi) is 16.1. The molecule has 0 fully saturated rings. The molecule has 4 rings (SSSR count). The first-order valence-corrected chi connectivity index (χ1v) is 10.6. The summed E-state index contributed by atoms with van der Waals surface area (Å²) < 4.78 is 0. The molecule has 0 amide bonds. The molecule has 37 heavy (non-hydrogen) atoms.